The predicted molar refractivity (Wildman–Crippen MR) is 121 cm³/mol. The van der Waals surface area contributed by atoms with Gasteiger partial charge >= 0.3 is 0 Å². The summed E-state index contributed by atoms with van der Waals surface area (Å²) in [6.07, 6.45) is 4.11. The number of aryl methyl sites for hydroxylation is 2. The van der Waals surface area contributed by atoms with Crippen molar-refractivity contribution in [2.24, 2.45) is 5.92 Å². The van der Waals surface area contributed by atoms with E-state index in [1.54, 1.807) is 13.2 Å². The van der Waals surface area contributed by atoms with Gasteiger partial charge in [0.05, 0.1) is 18.6 Å². The van der Waals surface area contributed by atoms with Crippen LogP contribution >= 0.6 is 0 Å². The van der Waals surface area contributed by atoms with Crippen LogP contribution in [0, 0.1) is 5.92 Å². The van der Waals surface area contributed by atoms with Crippen molar-refractivity contribution in [1.29, 1.82) is 0 Å². The molecule has 1 heterocycles. The number of sulfonamides is 1. The Hall–Kier alpha value is -2.58. The van der Waals surface area contributed by atoms with E-state index < -0.39 is 10.0 Å². The minimum Gasteiger partial charge on any atom is -0.497 e. The number of hydrogen-bond acceptors (Lipinski definition) is 5. The van der Waals surface area contributed by atoms with E-state index in [1.165, 1.54) is 9.87 Å². The molecule has 2 aromatic rings. The van der Waals surface area contributed by atoms with E-state index in [4.69, 9.17) is 9.47 Å². The van der Waals surface area contributed by atoms with Gasteiger partial charge in [-0.1, -0.05) is 6.07 Å². The lowest BCUT2D eigenvalue weighted by Crippen LogP contribution is -2.43. The largest absolute Gasteiger partial charge is 0.497 e. The van der Waals surface area contributed by atoms with Crippen molar-refractivity contribution in [2.45, 2.75) is 37.0 Å². The Morgan fingerprint density at radius 2 is 1.72 bits per heavy atom. The lowest BCUT2D eigenvalue weighted by atomic mass is 9.97. The zero-order chi connectivity index (χ0) is 22.6. The number of amides is 1. The Morgan fingerprint density at radius 1 is 1.03 bits per heavy atom. The number of hydrogen-bond donors (Lipinski definition) is 1. The molecular formula is C24H30N2O5S. The van der Waals surface area contributed by atoms with Gasteiger partial charge in [-0.05, 0) is 79.6 Å². The molecule has 0 aromatic heterocycles. The van der Waals surface area contributed by atoms with E-state index >= 15 is 0 Å². The summed E-state index contributed by atoms with van der Waals surface area (Å²) >= 11 is 0. The summed E-state index contributed by atoms with van der Waals surface area (Å²) in [5, 5.41) is 2.90. The number of nitrogens with zero attached hydrogens (tertiary/aromatic N) is 1. The van der Waals surface area contributed by atoms with Crippen LogP contribution in [-0.2, 0) is 27.7 Å². The Bertz CT molecular complexity index is 1040. The number of rotatable bonds is 8. The number of ether oxygens (including phenoxy) is 2. The van der Waals surface area contributed by atoms with Crippen molar-refractivity contribution in [3.63, 3.8) is 0 Å². The normalized spacial score (nSPS) is 17.0. The highest BCUT2D eigenvalue weighted by molar-refractivity contribution is 7.89. The third-order valence-electron chi connectivity index (χ3n) is 6.26. The van der Waals surface area contributed by atoms with Crippen LogP contribution in [0.2, 0.25) is 0 Å². The summed E-state index contributed by atoms with van der Waals surface area (Å²) in [6, 6.07) is 12.8. The van der Waals surface area contributed by atoms with Crippen LogP contribution in [0.3, 0.4) is 0 Å². The molecule has 1 aliphatic heterocycles. The molecule has 0 atom stereocenters. The number of carbonyl (C=O) groups excluding carboxylic acids is 1. The van der Waals surface area contributed by atoms with E-state index in [1.807, 2.05) is 36.4 Å². The minimum absolute atomic E-state index is 0.0436. The van der Waals surface area contributed by atoms with E-state index in [0.717, 1.165) is 30.6 Å². The smallest absolute Gasteiger partial charge is 0.243 e. The summed E-state index contributed by atoms with van der Waals surface area (Å²) < 4.78 is 38.4. The molecule has 0 saturated carbocycles. The second-order valence-corrected chi connectivity index (χ2v) is 10.2. The first kappa shape index (κ1) is 22.6. The zero-order valence-electron chi connectivity index (χ0n) is 18.4. The van der Waals surface area contributed by atoms with Gasteiger partial charge in [-0.25, -0.2) is 8.42 Å². The minimum atomic E-state index is -3.52. The number of benzene rings is 2. The molecule has 7 nitrogen and oxygen atoms in total. The Morgan fingerprint density at radius 3 is 2.44 bits per heavy atom. The van der Waals surface area contributed by atoms with Gasteiger partial charge in [0, 0.05) is 19.0 Å². The van der Waals surface area contributed by atoms with Gasteiger partial charge in [0.15, 0.2) is 0 Å². The molecule has 1 fully saturated rings. The molecule has 0 bridgehead atoms. The maximum absolute atomic E-state index is 13.1. The predicted octanol–water partition coefficient (Wildman–Crippen LogP) is 2.78. The molecule has 4 rings (SSSR count). The van der Waals surface area contributed by atoms with Crippen LogP contribution in [0.5, 0.6) is 11.5 Å². The standard InChI is InChI=1S/C24H30N2O5S/c1-30-21-6-8-22(9-7-21)31-16-13-25-24(27)19-11-14-26(15-12-19)32(28,29)23-10-5-18-3-2-4-20(18)17-23/h5-10,17,19H,2-4,11-16H2,1H3,(H,25,27). The van der Waals surface area contributed by atoms with Gasteiger partial charge in [-0.3, -0.25) is 4.79 Å². The fraction of sp³-hybridized carbons (Fsp3) is 0.458. The van der Waals surface area contributed by atoms with Gasteiger partial charge in [0.2, 0.25) is 15.9 Å². The van der Waals surface area contributed by atoms with Gasteiger partial charge in [0.1, 0.15) is 18.1 Å². The van der Waals surface area contributed by atoms with E-state index in [-0.39, 0.29) is 11.8 Å². The number of fused-ring (bicyclic) bond motifs is 1. The van der Waals surface area contributed by atoms with Gasteiger partial charge < -0.3 is 14.8 Å². The van der Waals surface area contributed by atoms with Gasteiger partial charge in [0.25, 0.3) is 0 Å². The molecule has 8 heteroatoms. The van der Waals surface area contributed by atoms with Crippen LogP contribution in [0.25, 0.3) is 0 Å². The van der Waals surface area contributed by atoms with Crippen molar-refractivity contribution in [1.82, 2.24) is 9.62 Å². The molecule has 1 amide bonds. The molecular weight excluding hydrogens is 428 g/mol. The second kappa shape index (κ2) is 9.92. The topological polar surface area (TPSA) is 84.9 Å². The molecule has 0 unspecified atom stereocenters. The fourth-order valence-corrected chi connectivity index (χ4v) is 5.90. The second-order valence-electron chi connectivity index (χ2n) is 8.28. The summed E-state index contributed by atoms with van der Waals surface area (Å²) in [7, 11) is -1.91. The molecule has 2 aromatic carbocycles. The van der Waals surface area contributed by atoms with Crippen molar-refractivity contribution in [2.75, 3.05) is 33.4 Å². The Labute approximate surface area is 189 Å². The van der Waals surface area contributed by atoms with Gasteiger partial charge in [-0.2, -0.15) is 4.31 Å². The first-order valence-corrected chi connectivity index (χ1v) is 12.6. The Balaban J connectivity index is 1.22. The maximum Gasteiger partial charge on any atom is 0.243 e. The van der Waals surface area contributed by atoms with Crippen LogP contribution < -0.4 is 14.8 Å². The zero-order valence-corrected chi connectivity index (χ0v) is 19.2. The summed E-state index contributed by atoms with van der Waals surface area (Å²) in [5.74, 6) is 1.25. The third kappa shape index (κ3) is 5.07. The first-order chi connectivity index (χ1) is 15.5. The van der Waals surface area contributed by atoms with Crippen molar-refractivity contribution in [3.8, 4) is 11.5 Å². The summed E-state index contributed by atoms with van der Waals surface area (Å²) in [4.78, 5) is 12.9. The van der Waals surface area contributed by atoms with Crippen LogP contribution in [0.15, 0.2) is 47.4 Å². The highest BCUT2D eigenvalue weighted by atomic mass is 32.2. The summed E-state index contributed by atoms with van der Waals surface area (Å²) in [6.45, 7) is 1.49. The lowest BCUT2D eigenvalue weighted by Gasteiger charge is -2.30. The molecule has 2 aliphatic rings. The van der Waals surface area contributed by atoms with E-state index in [9.17, 15) is 13.2 Å². The van der Waals surface area contributed by atoms with Crippen molar-refractivity contribution >= 4 is 15.9 Å². The summed E-state index contributed by atoms with van der Waals surface area (Å²) in [5.41, 5.74) is 2.41. The number of piperidine rings is 1. The Kier molecular flexibility index (Phi) is 7.01. The fourth-order valence-electron chi connectivity index (χ4n) is 4.38. The molecule has 1 N–H and O–H groups in total. The highest BCUT2D eigenvalue weighted by Gasteiger charge is 2.32. The third-order valence-corrected chi connectivity index (χ3v) is 8.16. The highest BCUT2D eigenvalue weighted by Crippen LogP contribution is 2.28. The van der Waals surface area contributed by atoms with Crippen LogP contribution in [0.4, 0.5) is 0 Å². The number of nitrogens with one attached hydrogen (secondary N) is 1. The SMILES string of the molecule is COc1ccc(OCCNC(=O)C2CCN(S(=O)(=O)c3ccc4c(c3)CCC4)CC2)cc1. The number of carbonyl (C=O) groups is 1. The van der Waals surface area contributed by atoms with E-state index in [0.29, 0.717) is 49.7 Å². The molecule has 172 valence electrons. The number of methoxy groups -OCH3 is 1. The lowest BCUT2D eigenvalue weighted by molar-refractivity contribution is -0.126. The quantitative estimate of drug-likeness (QED) is 0.615. The molecule has 1 saturated heterocycles. The van der Waals surface area contributed by atoms with Gasteiger partial charge in [-0.15, -0.1) is 0 Å². The average molecular weight is 459 g/mol. The van der Waals surface area contributed by atoms with Crippen molar-refractivity contribution in [3.05, 3.63) is 53.6 Å². The van der Waals surface area contributed by atoms with Crippen LogP contribution in [-0.4, -0.2) is 52.0 Å². The average Bonchev–Trinajstić information content (AvgIpc) is 3.30. The maximum atomic E-state index is 13.1. The molecule has 0 spiro atoms. The monoisotopic (exact) mass is 458 g/mol. The van der Waals surface area contributed by atoms with Crippen LogP contribution in [0.1, 0.15) is 30.4 Å². The molecule has 0 radical (unpaired) electrons. The van der Waals surface area contributed by atoms with E-state index in [2.05, 4.69) is 5.32 Å². The first-order valence-electron chi connectivity index (χ1n) is 11.1. The van der Waals surface area contributed by atoms with Crippen molar-refractivity contribution < 1.29 is 22.7 Å². The molecule has 1 aliphatic carbocycles. The molecule has 32 heavy (non-hydrogen) atoms.